The van der Waals surface area contributed by atoms with Crippen LogP contribution in [0.5, 0.6) is 0 Å². The number of amides is 1. The van der Waals surface area contributed by atoms with Gasteiger partial charge in [0.05, 0.1) is 24.1 Å². The Morgan fingerprint density at radius 1 is 1.32 bits per heavy atom. The molecule has 0 aromatic rings. The average molecular weight is 327 g/mol. The van der Waals surface area contributed by atoms with Crippen molar-refractivity contribution in [1.82, 2.24) is 10.2 Å². The predicted molar refractivity (Wildman–Crippen MR) is 85.9 cm³/mol. The monoisotopic (exact) mass is 327 g/mol. The van der Waals surface area contributed by atoms with Crippen LogP contribution in [0.2, 0.25) is 0 Å². The van der Waals surface area contributed by atoms with E-state index in [2.05, 4.69) is 5.32 Å². The van der Waals surface area contributed by atoms with E-state index < -0.39 is 30.1 Å². The van der Waals surface area contributed by atoms with Gasteiger partial charge in [-0.25, -0.2) is 0 Å². The summed E-state index contributed by atoms with van der Waals surface area (Å²) in [6.45, 7) is 0.805. The third-order valence-electron chi connectivity index (χ3n) is 5.49. The molecule has 0 aromatic carbocycles. The van der Waals surface area contributed by atoms with E-state index in [-0.39, 0.29) is 12.5 Å². The molecule has 3 fully saturated rings. The minimum absolute atomic E-state index is 0.198. The van der Waals surface area contributed by atoms with Gasteiger partial charge in [0.25, 0.3) is 0 Å². The number of primary amides is 1. The van der Waals surface area contributed by atoms with Crippen molar-refractivity contribution in [3.63, 3.8) is 0 Å². The lowest BCUT2D eigenvalue weighted by Gasteiger charge is -2.42. The van der Waals surface area contributed by atoms with Crippen molar-refractivity contribution in [3.05, 3.63) is 0 Å². The maximum absolute atomic E-state index is 11.8. The van der Waals surface area contributed by atoms with E-state index in [1.165, 1.54) is 32.1 Å². The molecule has 0 radical (unpaired) electrons. The normalized spacial score (nSPS) is 39.5. The minimum Gasteiger partial charge on any atom is -0.390 e. The molecular weight excluding hydrogens is 302 g/mol. The average Bonchev–Trinajstić information content (AvgIpc) is 2.81. The van der Waals surface area contributed by atoms with Gasteiger partial charge in [-0.3, -0.25) is 4.79 Å². The number of carbonyl (C=O) groups is 1. The fraction of sp³-hybridized carbons (Fsp3) is 0.867. The molecule has 0 bridgehead atoms. The van der Waals surface area contributed by atoms with E-state index in [1.807, 2.05) is 4.90 Å². The zero-order chi connectivity index (χ0) is 15.9. The Kier molecular flexibility index (Phi) is 4.56. The number of hydrogen-bond acceptors (Lipinski definition) is 4. The molecule has 0 spiro atoms. The molecule has 5 atom stereocenters. The molecular formula is C15H25N3O3S. The number of hydrogen-bond donors (Lipinski definition) is 4. The zero-order valence-electron chi connectivity index (χ0n) is 12.6. The third-order valence-corrected chi connectivity index (χ3v) is 5.85. The zero-order valence-corrected chi connectivity index (χ0v) is 13.5. The van der Waals surface area contributed by atoms with Crippen LogP contribution in [0.4, 0.5) is 0 Å². The summed E-state index contributed by atoms with van der Waals surface area (Å²) in [5.41, 5.74) is 5.54. The highest BCUT2D eigenvalue weighted by Gasteiger charge is 2.53. The lowest BCUT2D eigenvalue weighted by atomic mass is 9.77. The van der Waals surface area contributed by atoms with Gasteiger partial charge in [0.1, 0.15) is 6.10 Å². The van der Waals surface area contributed by atoms with Gasteiger partial charge in [0, 0.05) is 6.54 Å². The summed E-state index contributed by atoms with van der Waals surface area (Å²) in [6, 6.07) is -0.664. The fourth-order valence-corrected chi connectivity index (χ4v) is 4.64. The SMILES string of the molecule is NC(=O)[C@@H]1C[C@@H](O)[C@H](O)[C@@H]2NC(=S)N(CC3CCCCC3)[C@@H]21. The molecule has 0 unspecified atom stereocenters. The second-order valence-electron chi connectivity index (χ2n) is 6.92. The number of aliphatic hydroxyl groups excluding tert-OH is 2. The number of carbonyl (C=O) groups excluding carboxylic acids is 1. The summed E-state index contributed by atoms with van der Waals surface area (Å²) < 4.78 is 0. The summed E-state index contributed by atoms with van der Waals surface area (Å²) in [7, 11) is 0. The maximum atomic E-state index is 11.8. The quantitative estimate of drug-likeness (QED) is 0.532. The summed E-state index contributed by atoms with van der Waals surface area (Å²) in [5.74, 6) is -0.342. The van der Waals surface area contributed by atoms with Crippen LogP contribution < -0.4 is 11.1 Å². The smallest absolute Gasteiger partial charge is 0.222 e. The van der Waals surface area contributed by atoms with Crippen molar-refractivity contribution in [3.8, 4) is 0 Å². The third kappa shape index (κ3) is 2.81. The number of nitrogens with zero attached hydrogens (tertiary/aromatic N) is 1. The molecule has 3 aliphatic rings. The van der Waals surface area contributed by atoms with E-state index in [9.17, 15) is 15.0 Å². The number of thiocarbonyl (C=S) groups is 1. The summed E-state index contributed by atoms with van der Waals surface area (Å²) in [6.07, 6.45) is 4.48. The van der Waals surface area contributed by atoms with Gasteiger partial charge in [-0.2, -0.15) is 0 Å². The van der Waals surface area contributed by atoms with Crippen LogP contribution in [0.3, 0.4) is 0 Å². The molecule has 1 heterocycles. The van der Waals surface area contributed by atoms with Crippen LogP contribution in [0.15, 0.2) is 0 Å². The van der Waals surface area contributed by atoms with Crippen LogP contribution in [-0.2, 0) is 4.79 Å². The Balaban J connectivity index is 1.80. The minimum atomic E-state index is -0.941. The van der Waals surface area contributed by atoms with E-state index in [0.717, 1.165) is 6.54 Å². The van der Waals surface area contributed by atoms with Crippen LogP contribution in [0.1, 0.15) is 38.5 Å². The molecule has 124 valence electrons. The standard InChI is InChI=1S/C15H25N3O3S/c16-14(21)9-6-10(19)13(20)11-12(9)18(15(22)17-11)7-8-4-2-1-3-5-8/h8-13,19-20H,1-7H2,(H2,16,21)(H,17,22)/t9-,10-,11-,12-,13+/m1/s1. The van der Waals surface area contributed by atoms with E-state index >= 15 is 0 Å². The Hall–Kier alpha value is -0.920. The Bertz CT molecular complexity index is 455. The van der Waals surface area contributed by atoms with Crippen molar-refractivity contribution < 1.29 is 15.0 Å². The molecule has 2 saturated carbocycles. The van der Waals surface area contributed by atoms with Gasteiger partial charge in [-0.05, 0) is 37.4 Å². The molecule has 7 heteroatoms. The van der Waals surface area contributed by atoms with Crippen LogP contribution >= 0.6 is 12.2 Å². The number of fused-ring (bicyclic) bond motifs is 1. The summed E-state index contributed by atoms with van der Waals surface area (Å²) in [5, 5.41) is 23.9. The molecule has 3 rings (SSSR count). The van der Waals surface area contributed by atoms with Gasteiger partial charge in [0.2, 0.25) is 5.91 Å². The highest BCUT2D eigenvalue weighted by atomic mass is 32.1. The molecule has 6 nitrogen and oxygen atoms in total. The largest absolute Gasteiger partial charge is 0.390 e. The summed E-state index contributed by atoms with van der Waals surface area (Å²) in [4.78, 5) is 13.9. The predicted octanol–water partition coefficient (Wildman–Crippen LogP) is -0.279. The Morgan fingerprint density at radius 2 is 2.00 bits per heavy atom. The second-order valence-corrected chi connectivity index (χ2v) is 7.31. The van der Waals surface area contributed by atoms with Crippen LogP contribution in [0.25, 0.3) is 0 Å². The van der Waals surface area contributed by atoms with Crippen molar-refractivity contribution in [2.45, 2.75) is 62.8 Å². The van der Waals surface area contributed by atoms with Gasteiger partial charge < -0.3 is 26.2 Å². The molecule has 22 heavy (non-hydrogen) atoms. The fourth-order valence-electron chi connectivity index (χ4n) is 4.31. The first kappa shape index (κ1) is 16.0. The first-order valence-corrected chi connectivity index (χ1v) is 8.62. The van der Waals surface area contributed by atoms with Gasteiger partial charge in [0.15, 0.2) is 5.11 Å². The molecule has 5 N–H and O–H groups in total. The summed E-state index contributed by atoms with van der Waals surface area (Å²) >= 11 is 5.42. The lowest BCUT2D eigenvalue weighted by molar-refractivity contribution is -0.130. The number of nitrogens with one attached hydrogen (secondary N) is 1. The Labute approximate surface area is 136 Å². The van der Waals surface area contributed by atoms with Crippen molar-refractivity contribution in [2.75, 3.05) is 6.54 Å². The Morgan fingerprint density at radius 3 is 2.64 bits per heavy atom. The lowest BCUT2D eigenvalue weighted by Crippen LogP contribution is -2.60. The van der Waals surface area contributed by atoms with Crippen LogP contribution in [-0.4, -0.2) is 57.0 Å². The van der Waals surface area contributed by atoms with Gasteiger partial charge >= 0.3 is 0 Å². The first-order chi connectivity index (χ1) is 10.5. The maximum Gasteiger partial charge on any atom is 0.222 e. The highest BCUT2D eigenvalue weighted by Crippen LogP contribution is 2.35. The van der Waals surface area contributed by atoms with Gasteiger partial charge in [-0.15, -0.1) is 0 Å². The molecule has 0 aromatic heterocycles. The highest BCUT2D eigenvalue weighted by molar-refractivity contribution is 7.80. The van der Waals surface area contributed by atoms with E-state index in [1.54, 1.807) is 0 Å². The van der Waals surface area contributed by atoms with Crippen molar-refractivity contribution in [2.24, 2.45) is 17.6 Å². The van der Waals surface area contributed by atoms with Gasteiger partial charge in [-0.1, -0.05) is 19.3 Å². The number of aliphatic hydroxyl groups is 2. The number of rotatable bonds is 3. The van der Waals surface area contributed by atoms with Crippen molar-refractivity contribution >= 4 is 23.2 Å². The van der Waals surface area contributed by atoms with E-state index in [0.29, 0.717) is 11.0 Å². The van der Waals surface area contributed by atoms with Crippen LogP contribution in [0, 0.1) is 11.8 Å². The van der Waals surface area contributed by atoms with E-state index in [4.69, 9.17) is 18.0 Å². The molecule has 2 aliphatic carbocycles. The first-order valence-electron chi connectivity index (χ1n) is 8.21. The second kappa shape index (κ2) is 6.29. The molecule has 1 aliphatic heterocycles. The molecule has 1 saturated heterocycles. The number of nitrogens with two attached hydrogens (primary N) is 1. The topological polar surface area (TPSA) is 98.8 Å². The van der Waals surface area contributed by atoms with Crippen molar-refractivity contribution in [1.29, 1.82) is 0 Å². The molecule has 1 amide bonds.